The fourth-order valence-electron chi connectivity index (χ4n) is 1.95. The molecule has 1 aliphatic heterocycles. The zero-order valence-electron chi connectivity index (χ0n) is 9.80. The molecule has 0 aromatic heterocycles. The van der Waals surface area contributed by atoms with E-state index in [0.29, 0.717) is 5.56 Å². The van der Waals surface area contributed by atoms with E-state index < -0.39 is 0 Å². The van der Waals surface area contributed by atoms with Crippen LogP contribution in [0.2, 0.25) is 0 Å². The first-order valence-corrected chi connectivity index (χ1v) is 5.76. The summed E-state index contributed by atoms with van der Waals surface area (Å²) in [5.74, 6) is -0.381. The summed E-state index contributed by atoms with van der Waals surface area (Å²) in [5.41, 5.74) is 6.95. The van der Waals surface area contributed by atoms with Crippen molar-refractivity contribution in [3.8, 4) is 0 Å². The Bertz CT molecular complexity index is 385. The fourth-order valence-corrected chi connectivity index (χ4v) is 1.95. The molecule has 1 fully saturated rings. The van der Waals surface area contributed by atoms with Gasteiger partial charge in [0.05, 0.1) is 0 Å². The van der Waals surface area contributed by atoms with E-state index in [0.717, 1.165) is 32.7 Å². The van der Waals surface area contributed by atoms with Crippen molar-refractivity contribution in [1.82, 2.24) is 9.71 Å². The Morgan fingerprint density at radius 3 is 2.29 bits per heavy atom. The summed E-state index contributed by atoms with van der Waals surface area (Å²) in [7, 11) is 5.70. The Kier molecular flexibility index (Phi) is 3.81. The number of nitrogens with zero attached hydrogens (tertiary/aromatic N) is 2. The summed E-state index contributed by atoms with van der Waals surface area (Å²) in [4.78, 5) is 15.1. The molecule has 1 heterocycles. The predicted octanol–water partition coefficient (Wildman–Crippen LogP) is -0.0134. The average Bonchev–Trinajstić information content (AvgIpc) is 2.33. The second-order valence-electron chi connectivity index (χ2n) is 4.37. The molecule has 88 valence electrons. The number of hydrogen-bond donors (Lipinski definition) is 1. The Morgan fingerprint density at radius 1 is 1.18 bits per heavy atom. The largest absolute Gasteiger partial charge is 0.366 e. The highest BCUT2D eigenvalue weighted by molar-refractivity contribution is 6.04. The molecule has 0 saturated carbocycles. The number of amides is 1. The maximum absolute atomic E-state index is 10.9. The maximum Gasteiger partial charge on any atom is 0.248 e. The smallest absolute Gasteiger partial charge is 0.248 e. The van der Waals surface area contributed by atoms with Crippen LogP contribution in [0.15, 0.2) is 24.3 Å². The highest BCUT2D eigenvalue weighted by atomic mass is 16.1. The lowest BCUT2D eigenvalue weighted by molar-refractivity contribution is 0.100. The summed E-state index contributed by atoms with van der Waals surface area (Å²) in [6.45, 7) is 4.66. The van der Waals surface area contributed by atoms with E-state index >= 15 is 0 Å². The van der Waals surface area contributed by atoms with E-state index in [4.69, 9.17) is 13.7 Å². The lowest BCUT2D eigenvalue weighted by Gasteiger charge is -2.32. The van der Waals surface area contributed by atoms with E-state index in [1.807, 2.05) is 16.9 Å². The average molecular weight is 229 g/mol. The van der Waals surface area contributed by atoms with Gasteiger partial charge < -0.3 is 10.5 Å². The van der Waals surface area contributed by atoms with Crippen molar-refractivity contribution in [3.05, 3.63) is 35.4 Å². The van der Waals surface area contributed by atoms with E-state index in [2.05, 4.69) is 4.90 Å². The second-order valence-corrected chi connectivity index (χ2v) is 4.37. The van der Waals surface area contributed by atoms with Crippen molar-refractivity contribution in [3.63, 3.8) is 0 Å². The van der Waals surface area contributed by atoms with Crippen LogP contribution in [0.3, 0.4) is 0 Å². The number of rotatable bonds is 3. The Morgan fingerprint density at radius 2 is 1.76 bits per heavy atom. The van der Waals surface area contributed by atoms with Crippen LogP contribution in [0.5, 0.6) is 0 Å². The molecule has 1 aromatic carbocycles. The van der Waals surface area contributed by atoms with Gasteiger partial charge in [-0.2, -0.15) is 0 Å². The minimum atomic E-state index is -0.381. The predicted molar refractivity (Wildman–Crippen MR) is 67.6 cm³/mol. The number of carbonyl (C=O) groups excluding carboxylic acids is 1. The van der Waals surface area contributed by atoms with Gasteiger partial charge in [0.1, 0.15) is 0 Å². The Hall–Kier alpha value is -1.33. The van der Waals surface area contributed by atoms with Crippen LogP contribution in [0, 0.1) is 0 Å². The van der Waals surface area contributed by atoms with E-state index in [1.54, 1.807) is 12.1 Å². The lowest BCUT2D eigenvalue weighted by atomic mass is 10.1. The minimum absolute atomic E-state index is 0.381. The minimum Gasteiger partial charge on any atom is -0.366 e. The fraction of sp³-hybridized carbons (Fsp3) is 0.417. The quantitative estimate of drug-likeness (QED) is 0.741. The Labute approximate surface area is 103 Å². The number of carbonyl (C=O) groups is 1. The molecule has 5 heteroatoms. The van der Waals surface area contributed by atoms with Crippen LogP contribution < -0.4 is 5.73 Å². The second kappa shape index (κ2) is 5.34. The topological polar surface area (TPSA) is 49.6 Å². The van der Waals surface area contributed by atoms with Gasteiger partial charge in [0.2, 0.25) is 5.91 Å². The van der Waals surface area contributed by atoms with Gasteiger partial charge in [0, 0.05) is 25.2 Å². The third kappa shape index (κ3) is 3.31. The van der Waals surface area contributed by atoms with Gasteiger partial charge in [-0.05, 0) is 30.8 Å². The molecule has 0 atom stereocenters. The van der Waals surface area contributed by atoms with Crippen molar-refractivity contribution in [2.75, 3.05) is 26.2 Å². The molecule has 1 aromatic rings. The first-order valence-electron chi connectivity index (χ1n) is 5.76. The number of nitrogens with two attached hydrogens (primary N) is 1. The van der Waals surface area contributed by atoms with Gasteiger partial charge in [0.15, 0.2) is 7.98 Å². The van der Waals surface area contributed by atoms with Crippen molar-refractivity contribution >= 4 is 13.9 Å². The molecule has 0 spiro atoms. The first-order chi connectivity index (χ1) is 8.15. The highest BCUT2D eigenvalue weighted by Crippen LogP contribution is 2.09. The molecular formula is C12H16BN3O. The molecule has 4 nitrogen and oxygen atoms in total. The van der Waals surface area contributed by atoms with Crippen molar-refractivity contribution in [2.24, 2.45) is 5.73 Å². The zero-order chi connectivity index (χ0) is 12.3. The number of piperazine rings is 1. The Balaban J connectivity index is 1.92. The third-order valence-electron chi connectivity index (χ3n) is 3.05. The molecule has 17 heavy (non-hydrogen) atoms. The summed E-state index contributed by atoms with van der Waals surface area (Å²) < 4.78 is 0. The molecule has 2 N–H and O–H groups in total. The molecule has 1 saturated heterocycles. The van der Waals surface area contributed by atoms with Gasteiger partial charge in [0.25, 0.3) is 0 Å². The highest BCUT2D eigenvalue weighted by Gasteiger charge is 2.13. The van der Waals surface area contributed by atoms with Crippen LogP contribution in [0.4, 0.5) is 0 Å². The van der Waals surface area contributed by atoms with Gasteiger partial charge in [-0.3, -0.25) is 9.69 Å². The van der Waals surface area contributed by atoms with Crippen molar-refractivity contribution in [2.45, 2.75) is 6.54 Å². The first kappa shape index (κ1) is 12.1. The van der Waals surface area contributed by atoms with E-state index in [-0.39, 0.29) is 5.91 Å². The van der Waals surface area contributed by atoms with Crippen LogP contribution in [0.25, 0.3) is 0 Å². The van der Waals surface area contributed by atoms with Crippen LogP contribution >= 0.6 is 0 Å². The van der Waals surface area contributed by atoms with Gasteiger partial charge in [-0.1, -0.05) is 12.1 Å². The van der Waals surface area contributed by atoms with Crippen molar-refractivity contribution < 1.29 is 4.79 Å². The lowest BCUT2D eigenvalue weighted by Crippen LogP contribution is -2.44. The monoisotopic (exact) mass is 229 g/mol. The third-order valence-corrected chi connectivity index (χ3v) is 3.05. The number of benzene rings is 1. The van der Waals surface area contributed by atoms with Crippen molar-refractivity contribution in [1.29, 1.82) is 0 Å². The molecule has 2 rings (SSSR count). The van der Waals surface area contributed by atoms with Crippen LogP contribution in [-0.4, -0.2) is 49.8 Å². The molecule has 2 radical (unpaired) electrons. The van der Waals surface area contributed by atoms with E-state index in [1.165, 1.54) is 5.56 Å². The summed E-state index contributed by atoms with van der Waals surface area (Å²) in [6.07, 6.45) is 0. The summed E-state index contributed by atoms with van der Waals surface area (Å²) in [6, 6.07) is 7.46. The molecule has 0 unspecified atom stereocenters. The van der Waals surface area contributed by atoms with E-state index in [9.17, 15) is 4.79 Å². The molecular weight excluding hydrogens is 213 g/mol. The number of primary amides is 1. The SMILES string of the molecule is [B]N1CCN(Cc2ccc(C(N)=O)cc2)CC1. The van der Waals surface area contributed by atoms with Crippen LogP contribution in [-0.2, 0) is 6.54 Å². The maximum atomic E-state index is 10.9. The standard InChI is InChI=1S/C12H16BN3O/c13-16-7-5-15(6-8-16)9-10-1-3-11(4-2-10)12(14)17/h1-4H,5-9H2,(H2,14,17). The molecule has 0 aliphatic carbocycles. The van der Waals surface area contributed by atoms with Gasteiger partial charge >= 0.3 is 0 Å². The molecule has 1 aliphatic rings. The molecule has 1 amide bonds. The van der Waals surface area contributed by atoms with Crippen LogP contribution in [0.1, 0.15) is 15.9 Å². The number of hydrogen-bond acceptors (Lipinski definition) is 3. The van der Waals surface area contributed by atoms with Gasteiger partial charge in [-0.15, -0.1) is 0 Å². The normalized spacial score (nSPS) is 18.1. The summed E-state index contributed by atoms with van der Waals surface area (Å²) >= 11 is 0. The van der Waals surface area contributed by atoms with Gasteiger partial charge in [-0.25, -0.2) is 0 Å². The zero-order valence-corrected chi connectivity index (χ0v) is 9.80. The molecule has 0 bridgehead atoms. The summed E-state index contributed by atoms with van der Waals surface area (Å²) in [5, 5.41) is 0.